The third kappa shape index (κ3) is 5.39. The van der Waals surface area contributed by atoms with Crippen LogP contribution >= 0.6 is 0 Å². The van der Waals surface area contributed by atoms with Crippen molar-refractivity contribution < 1.29 is 61.0 Å². The van der Waals surface area contributed by atoms with Gasteiger partial charge in [-0.2, -0.15) is 14.8 Å². The molecule has 1 saturated carbocycles. The van der Waals surface area contributed by atoms with E-state index in [9.17, 15) is 18.0 Å². The molecule has 2 unspecified atom stereocenters. The first kappa shape index (κ1) is 18.9. The summed E-state index contributed by atoms with van der Waals surface area (Å²) in [4.78, 5) is 22.9. The van der Waals surface area contributed by atoms with Crippen LogP contribution in [0.25, 0.3) is 0 Å². The van der Waals surface area contributed by atoms with E-state index in [1.807, 2.05) is 0 Å². The molecule has 1 aliphatic carbocycles. The fourth-order valence-corrected chi connectivity index (χ4v) is 2.24. The van der Waals surface area contributed by atoms with E-state index in [1.165, 1.54) is 13.5 Å². The Kier molecular flexibility index (Phi) is 6.97. The second-order valence-corrected chi connectivity index (χ2v) is 5.49. The molecule has 104 valence electrons. The molecule has 0 aromatic rings. The van der Waals surface area contributed by atoms with Gasteiger partial charge >= 0.3 is 45.9 Å². The number of carbonyl (C=O) groups is 2. The van der Waals surface area contributed by atoms with Crippen molar-refractivity contribution in [2.24, 2.45) is 11.3 Å². The van der Waals surface area contributed by atoms with Crippen molar-refractivity contribution in [1.29, 1.82) is 0 Å². The molecule has 0 spiro atoms. The maximum Gasteiger partial charge on any atom is 1.00 e. The molecular weight excluding hydrogens is 287 g/mol. The molecule has 0 aromatic carbocycles. The van der Waals surface area contributed by atoms with Gasteiger partial charge in [0.1, 0.15) is 0 Å². The average Bonchev–Trinajstić information content (AvgIpc) is 2.26. The molecular formula is C10H15NaO7S. The van der Waals surface area contributed by atoms with Crippen molar-refractivity contribution >= 4 is 22.3 Å². The van der Waals surface area contributed by atoms with Crippen molar-refractivity contribution in [1.82, 2.24) is 0 Å². The van der Waals surface area contributed by atoms with Gasteiger partial charge < -0.3 is 15.3 Å². The van der Waals surface area contributed by atoms with E-state index in [0.29, 0.717) is 6.42 Å². The summed E-state index contributed by atoms with van der Waals surface area (Å²) in [5.41, 5.74) is -0.705. The molecule has 0 heterocycles. The molecule has 1 fully saturated rings. The third-order valence-corrected chi connectivity index (χ3v) is 3.40. The number of rotatable bonds is 3. The van der Waals surface area contributed by atoms with Crippen molar-refractivity contribution in [3.05, 3.63) is 6.42 Å². The van der Waals surface area contributed by atoms with Crippen LogP contribution in [-0.2, 0) is 28.9 Å². The summed E-state index contributed by atoms with van der Waals surface area (Å²) in [5, 5.41) is 0. The van der Waals surface area contributed by atoms with Crippen molar-refractivity contribution in [3.63, 3.8) is 0 Å². The van der Waals surface area contributed by atoms with Crippen molar-refractivity contribution in [2.45, 2.75) is 26.2 Å². The number of carbonyl (C=O) groups excluding carboxylic acids is 2. The molecule has 0 radical (unpaired) electrons. The predicted octanol–water partition coefficient (Wildman–Crippen LogP) is -2.48. The monoisotopic (exact) mass is 302 g/mol. The Labute approximate surface area is 134 Å². The molecule has 19 heavy (non-hydrogen) atoms. The van der Waals surface area contributed by atoms with Crippen molar-refractivity contribution in [3.8, 4) is 0 Å². The van der Waals surface area contributed by atoms with Crippen LogP contribution in [0.1, 0.15) is 26.2 Å². The van der Waals surface area contributed by atoms with E-state index < -0.39 is 27.7 Å². The van der Waals surface area contributed by atoms with Crippen LogP contribution in [0.5, 0.6) is 0 Å². The molecule has 1 aliphatic rings. The molecule has 7 nitrogen and oxygen atoms in total. The quantitative estimate of drug-likeness (QED) is 0.266. The minimum atomic E-state index is -4.78. The normalized spacial score (nSPS) is 27.0. The van der Waals surface area contributed by atoms with E-state index in [0.717, 1.165) is 0 Å². The summed E-state index contributed by atoms with van der Waals surface area (Å²) in [6.07, 6.45) is 2.43. The zero-order chi connectivity index (χ0) is 14.0. The van der Waals surface area contributed by atoms with E-state index in [1.54, 1.807) is 6.92 Å². The van der Waals surface area contributed by atoms with Gasteiger partial charge in [-0.15, -0.1) is 0 Å². The fraction of sp³-hybridized carbons (Fsp3) is 0.700. The molecule has 0 aliphatic heterocycles. The van der Waals surface area contributed by atoms with Gasteiger partial charge in [-0.3, -0.25) is 14.1 Å². The van der Waals surface area contributed by atoms with Gasteiger partial charge in [0.15, 0.2) is 0 Å². The van der Waals surface area contributed by atoms with Gasteiger partial charge in [0, 0.05) is 5.41 Å². The largest absolute Gasteiger partial charge is 1.00 e. The number of hydrogen-bond donors (Lipinski definition) is 1. The smallest absolute Gasteiger partial charge is 0.469 e. The molecule has 2 atom stereocenters. The summed E-state index contributed by atoms with van der Waals surface area (Å²) in [5.74, 6) is -2.16. The van der Waals surface area contributed by atoms with E-state index >= 15 is 0 Å². The number of hydrogen-bond acceptors (Lipinski definition) is 6. The van der Waals surface area contributed by atoms with Crippen LogP contribution in [-0.4, -0.2) is 32.0 Å². The average molecular weight is 302 g/mol. The van der Waals surface area contributed by atoms with Crippen molar-refractivity contribution in [2.75, 3.05) is 7.11 Å². The minimum absolute atomic E-state index is 0. The van der Waals surface area contributed by atoms with Gasteiger partial charge in [-0.1, -0.05) is 19.3 Å². The topological polar surface area (TPSA) is 107 Å². The van der Waals surface area contributed by atoms with E-state index in [2.05, 4.69) is 8.92 Å². The van der Waals surface area contributed by atoms with Gasteiger partial charge in [-0.25, -0.2) is 0 Å². The first-order valence-electron chi connectivity index (χ1n) is 5.30. The third-order valence-electron chi connectivity index (χ3n) is 3.03. The maximum absolute atomic E-state index is 11.5. The Morgan fingerprint density at radius 2 is 2.00 bits per heavy atom. The Morgan fingerprint density at radius 3 is 2.37 bits per heavy atom. The van der Waals surface area contributed by atoms with E-state index in [-0.39, 0.29) is 48.4 Å². The molecule has 0 bridgehead atoms. The van der Waals surface area contributed by atoms with Gasteiger partial charge in [0.05, 0.1) is 7.11 Å². The molecule has 9 heteroatoms. The standard InChI is InChI=1S/C10H15O7S.Na/c1-10(9(12)16-2)5-3-7(4-6-10)8(11)17-18(13,14)15;/h3,7H,4-6H2,1-2H3,(H,13,14,15);/q-1;+1. The van der Waals surface area contributed by atoms with Gasteiger partial charge in [0.25, 0.3) is 5.97 Å². The van der Waals surface area contributed by atoms with Crippen LogP contribution in [0.2, 0.25) is 0 Å². The van der Waals surface area contributed by atoms with Gasteiger partial charge in [-0.05, 0) is 6.42 Å². The Morgan fingerprint density at radius 1 is 1.42 bits per heavy atom. The maximum atomic E-state index is 11.5. The summed E-state index contributed by atoms with van der Waals surface area (Å²) < 4.78 is 37.7. The zero-order valence-corrected chi connectivity index (χ0v) is 13.9. The summed E-state index contributed by atoms with van der Waals surface area (Å²) in [6.45, 7) is 1.71. The second kappa shape index (κ2) is 7.03. The Balaban J connectivity index is 0.00000324. The Bertz CT molecular complexity index is 437. The minimum Gasteiger partial charge on any atom is -0.469 e. The van der Waals surface area contributed by atoms with Crippen LogP contribution < -0.4 is 29.6 Å². The molecule has 0 amide bonds. The fourth-order valence-electron chi connectivity index (χ4n) is 1.91. The van der Waals surface area contributed by atoms with Crippen LogP contribution in [0, 0.1) is 17.8 Å². The predicted molar refractivity (Wildman–Crippen MR) is 59.4 cm³/mol. The van der Waals surface area contributed by atoms with Gasteiger partial charge in [0.2, 0.25) is 0 Å². The SMILES string of the molecule is COC(=O)C1(C)C[CH-]C(C(=O)OS(=O)(=O)O)CC1.[Na+]. The van der Waals surface area contributed by atoms with Crippen LogP contribution in [0.3, 0.4) is 0 Å². The number of methoxy groups -OCH3 is 1. The number of esters is 1. The van der Waals surface area contributed by atoms with E-state index in [4.69, 9.17) is 4.55 Å². The molecule has 1 rings (SSSR count). The van der Waals surface area contributed by atoms with Crippen LogP contribution in [0.15, 0.2) is 0 Å². The summed E-state index contributed by atoms with van der Waals surface area (Å²) >= 11 is 0. The van der Waals surface area contributed by atoms with Crippen LogP contribution in [0.4, 0.5) is 0 Å². The zero-order valence-electron chi connectivity index (χ0n) is 11.1. The summed E-state index contributed by atoms with van der Waals surface area (Å²) in [7, 11) is -3.50. The number of ether oxygens (including phenoxy) is 1. The first-order chi connectivity index (χ1) is 8.18. The molecule has 0 aromatic heterocycles. The first-order valence-corrected chi connectivity index (χ1v) is 6.67. The second-order valence-electron chi connectivity index (χ2n) is 4.47. The Hall–Kier alpha value is -0.150. The molecule has 1 N–H and O–H groups in total. The molecule has 0 saturated heterocycles. The summed E-state index contributed by atoms with van der Waals surface area (Å²) in [6, 6.07) is 0.